The van der Waals surface area contributed by atoms with Gasteiger partial charge >= 0.3 is 0 Å². The van der Waals surface area contributed by atoms with Crippen molar-refractivity contribution in [2.45, 2.75) is 0 Å². The van der Waals surface area contributed by atoms with E-state index in [4.69, 9.17) is 19.9 Å². The topological polar surface area (TPSA) is 137 Å². The largest absolute Gasteiger partial charge is 0.309 e. The van der Waals surface area contributed by atoms with E-state index in [0.717, 1.165) is 179 Å². The fourth-order valence-corrected chi connectivity index (χ4v) is 32.0. The van der Waals surface area contributed by atoms with Crippen LogP contribution in [0.1, 0.15) is 0 Å². The van der Waals surface area contributed by atoms with Gasteiger partial charge in [0, 0.05) is 107 Å². The van der Waals surface area contributed by atoms with E-state index in [-0.39, 0.29) is 0 Å². The summed E-state index contributed by atoms with van der Waals surface area (Å²) >= 11 is 0. The maximum absolute atomic E-state index is 15.3. The molecule has 28 rings (SSSR count). The molecule has 0 atom stereocenters. The summed E-state index contributed by atoms with van der Waals surface area (Å²) in [6.07, 6.45) is 0. The van der Waals surface area contributed by atoms with Crippen LogP contribution in [-0.4, -0.2) is 37.5 Å². The van der Waals surface area contributed by atoms with Gasteiger partial charge in [0.1, 0.15) is 28.1 Å². The van der Waals surface area contributed by atoms with Crippen LogP contribution in [0.3, 0.4) is 0 Å². The molecule has 0 bridgehead atoms. The highest BCUT2D eigenvalue weighted by molar-refractivity contribution is 7.87. The number of hydrogen-bond donors (Lipinski definition) is 0. The normalized spacial score (nSPS) is 12.1. The standard InChI is InChI=1S/4C31H21N2OP/c34-35(22-12-3-1-4-13-22,23-14-5-2-6-15-23)29-21-11-19-27-30(29)33-28-20-10-9-17-25(28)24-16-7-8-18-26(24)31(33)32-27;34-35(22-12-3-1-4-13-22,23-14-5-2-6-15-23)29-21-11-20-28-30(29)32-31-26-18-8-7-16-24(26)25-17-9-10-19-27(25)33(28)31;34-35(22-11-3-1-4-12-22,23-13-5-2-6-14-23)24-19-20-30-28(21-24)32-31-27-17-8-7-15-25(27)26-16-9-10-18-29(26)33(30)31;34-35(22-11-3-1-4-12-22,23-13-5-2-6-14-23)24-19-20-28-30(21-24)33-29-18-10-9-16-26(29)25-15-7-8-17-27(25)31(33)32-28/h4*1-21H. The van der Waals surface area contributed by atoms with E-state index in [0.29, 0.717) is 0 Å². The smallest absolute Gasteiger partial charge is 0.173 e. The van der Waals surface area contributed by atoms with Crippen LogP contribution in [0, 0.1) is 0 Å². The zero-order valence-electron chi connectivity index (χ0n) is 75.5. The summed E-state index contributed by atoms with van der Waals surface area (Å²) < 4.78 is 69.2. The van der Waals surface area contributed by atoms with Gasteiger partial charge in [0.2, 0.25) is 0 Å². The maximum Gasteiger partial charge on any atom is 0.173 e. The van der Waals surface area contributed by atoms with Gasteiger partial charge in [-0.1, -0.05) is 425 Å². The van der Waals surface area contributed by atoms with Gasteiger partial charge in [-0.25, -0.2) is 19.9 Å². The van der Waals surface area contributed by atoms with Crippen LogP contribution >= 0.6 is 28.6 Å². The van der Waals surface area contributed by atoms with Gasteiger partial charge in [-0.05, 0) is 106 Å². The lowest BCUT2D eigenvalue weighted by atomic mass is 10.1. The lowest BCUT2D eigenvalue weighted by molar-refractivity contribution is 0.591. The minimum absolute atomic E-state index is 0.768. The molecule has 0 radical (unpaired) electrons. The first-order chi connectivity index (χ1) is 69.0. The Morgan fingerprint density at radius 1 is 0.150 bits per heavy atom. The number of hydrogen-bond acceptors (Lipinski definition) is 8. The number of pyridine rings is 4. The van der Waals surface area contributed by atoms with Crippen molar-refractivity contribution in [3.8, 4) is 0 Å². The van der Waals surface area contributed by atoms with Crippen molar-refractivity contribution < 1.29 is 18.3 Å². The Bertz CT molecular complexity index is 9690. The van der Waals surface area contributed by atoms with Crippen molar-refractivity contribution in [2.75, 3.05) is 0 Å². The first kappa shape index (κ1) is 84.9. The third-order valence-electron chi connectivity index (χ3n) is 27.4. The summed E-state index contributed by atoms with van der Waals surface area (Å²) in [5.74, 6) is 0. The number of nitrogens with zero attached hydrogens (tertiary/aromatic N) is 8. The lowest BCUT2D eigenvalue weighted by Crippen LogP contribution is -2.26. The Morgan fingerprint density at radius 3 is 0.793 bits per heavy atom. The second kappa shape index (κ2) is 34.8. The number of imidazole rings is 4. The van der Waals surface area contributed by atoms with Crippen LogP contribution in [0.2, 0.25) is 0 Å². The van der Waals surface area contributed by atoms with E-state index >= 15 is 9.13 Å². The van der Waals surface area contributed by atoms with Gasteiger partial charge in [-0.3, -0.25) is 17.6 Å². The molecule has 0 unspecified atom stereocenters. The molecular weight excluding hydrogens is 1790 g/mol. The van der Waals surface area contributed by atoms with E-state index in [1.807, 2.05) is 297 Å². The summed E-state index contributed by atoms with van der Waals surface area (Å²) in [6, 6.07) is 170. The van der Waals surface area contributed by atoms with Crippen molar-refractivity contribution in [3.05, 3.63) is 510 Å². The first-order valence-corrected chi connectivity index (χ1v) is 53.6. The van der Waals surface area contributed by atoms with Crippen molar-refractivity contribution in [3.63, 3.8) is 0 Å². The predicted molar refractivity (Wildman–Crippen MR) is 588 cm³/mol. The van der Waals surface area contributed by atoms with Gasteiger partial charge in [-0.15, -0.1) is 0 Å². The van der Waals surface area contributed by atoms with Crippen LogP contribution in [0.4, 0.5) is 0 Å². The molecule has 0 saturated carbocycles. The van der Waals surface area contributed by atoms with E-state index in [2.05, 4.69) is 230 Å². The van der Waals surface area contributed by atoms with Crippen LogP contribution < -0.4 is 63.7 Å². The van der Waals surface area contributed by atoms with E-state index in [9.17, 15) is 9.13 Å². The fraction of sp³-hybridized carbons (Fsp3) is 0. The number of rotatable bonds is 12. The van der Waals surface area contributed by atoms with Gasteiger partial charge in [0.05, 0.1) is 60.7 Å². The van der Waals surface area contributed by atoms with E-state index < -0.39 is 28.6 Å². The maximum atomic E-state index is 15.3. The highest BCUT2D eigenvalue weighted by Crippen LogP contribution is 2.50. The molecule has 0 N–H and O–H groups in total. The van der Waals surface area contributed by atoms with Gasteiger partial charge in [0.15, 0.2) is 28.6 Å². The molecule has 140 heavy (non-hydrogen) atoms. The third kappa shape index (κ3) is 13.7. The summed E-state index contributed by atoms with van der Waals surface area (Å²) in [4.78, 5) is 20.4. The Hall–Kier alpha value is -16.8. The number of benzene rings is 20. The summed E-state index contributed by atoms with van der Waals surface area (Å²) in [7, 11) is -12.5. The van der Waals surface area contributed by atoms with Crippen LogP contribution in [0.15, 0.2) is 510 Å². The Balaban J connectivity index is 0.0000000985. The van der Waals surface area contributed by atoms with Crippen LogP contribution in [0.25, 0.3) is 153 Å². The monoisotopic (exact) mass is 1870 g/mol. The second-order valence-corrected chi connectivity index (χ2v) is 46.1. The number of fused-ring (bicyclic) bond motifs is 32. The highest BCUT2D eigenvalue weighted by Gasteiger charge is 2.37. The Morgan fingerprint density at radius 2 is 0.407 bits per heavy atom. The van der Waals surface area contributed by atoms with Crippen LogP contribution in [0.5, 0.6) is 0 Å². The van der Waals surface area contributed by atoms with Gasteiger partial charge in [0.25, 0.3) is 0 Å². The summed E-state index contributed by atoms with van der Waals surface area (Å²) in [6.45, 7) is 0. The number of para-hydroxylation sites is 6. The molecule has 0 amide bonds. The molecule has 0 aliphatic carbocycles. The average Bonchev–Trinajstić information content (AvgIpc) is 1.54. The average molecular weight is 1870 g/mol. The fourth-order valence-electron chi connectivity index (χ4n) is 21.0. The zero-order valence-corrected chi connectivity index (χ0v) is 79.1. The molecule has 8 aromatic heterocycles. The quantitative estimate of drug-likeness (QED) is 0.0871. The Labute approximate surface area is 805 Å². The molecule has 0 spiro atoms. The molecule has 664 valence electrons. The minimum Gasteiger partial charge on any atom is -0.309 e. The molecule has 20 aromatic carbocycles. The molecule has 8 heterocycles. The molecule has 0 aliphatic rings. The van der Waals surface area contributed by atoms with Crippen molar-refractivity contribution in [1.82, 2.24) is 37.5 Å². The summed E-state index contributed by atoms with van der Waals surface area (Å²) in [5, 5.41) is 23.5. The minimum atomic E-state index is -3.19. The molecule has 0 fully saturated rings. The summed E-state index contributed by atoms with van der Waals surface area (Å²) in [5.41, 5.74) is 15.2. The van der Waals surface area contributed by atoms with Crippen molar-refractivity contribution in [1.29, 1.82) is 0 Å². The highest BCUT2D eigenvalue weighted by atomic mass is 31.2. The molecule has 12 nitrogen and oxygen atoms in total. The molecule has 28 aromatic rings. The van der Waals surface area contributed by atoms with Crippen LogP contribution in [-0.2, 0) is 18.3 Å². The predicted octanol–water partition coefficient (Wildman–Crippen LogP) is 25.7. The van der Waals surface area contributed by atoms with Gasteiger partial charge in [-0.2, -0.15) is 0 Å². The molecule has 16 heteroatoms. The first-order valence-electron chi connectivity index (χ1n) is 46.8. The zero-order chi connectivity index (χ0) is 93.6. The van der Waals surface area contributed by atoms with Gasteiger partial charge < -0.3 is 18.3 Å². The third-order valence-corrected chi connectivity index (χ3v) is 39.7. The van der Waals surface area contributed by atoms with E-state index in [1.54, 1.807) is 0 Å². The SMILES string of the molecule is O=P(c1ccccc1)(c1ccccc1)c1ccc2c(c1)nc1c3ccccc3c3ccccc3n21.O=P(c1ccccc1)(c1ccccc1)c1ccc2nc3c4ccccc4c4ccccc4n3c2c1.O=P(c1ccccc1)(c1ccccc1)c1cccc2c1nc1c3ccccc3c3ccccc3n21.O=P(c1ccccc1)(c1ccccc1)c1cccc2nc3c4ccccc4c4ccccc4n3c12. The van der Waals surface area contributed by atoms with Crippen molar-refractivity contribution in [2.24, 2.45) is 0 Å². The lowest BCUT2D eigenvalue weighted by Gasteiger charge is -2.21. The Kier molecular flexibility index (Phi) is 21.1. The molecule has 0 aliphatic heterocycles. The molecular formula is C124H84N8O4P4. The number of aromatic nitrogens is 8. The van der Waals surface area contributed by atoms with Crippen molar-refractivity contribution >= 4 is 246 Å². The second-order valence-electron chi connectivity index (χ2n) is 35.1. The molecule has 0 saturated heterocycles. The van der Waals surface area contributed by atoms with E-state index in [1.165, 1.54) is 37.7 Å².